The summed E-state index contributed by atoms with van der Waals surface area (Å²) in [6.45, 7) is 11.6. The van der Waals surface area contributed by atoms with E-state index >= 15 is 0 Å². The smallest absolute Gasteiger partial charge is 0.222 e. The molecule has 0 aliphatic carbocycles. The summed E-state index contributed by atoms with van der Waals surface area (Å²) < 4.78 is 0. The van der Waals surface area contributed by atoms with E-state index in [4.69, 9.17) is 5.73 Å². The van der Waals surface area contributed by atoms with Gasteiger partial charge in [0, 0.05) is 25.4 Å². The molecule has 0 bridgehead atoms. The van der Waals surface area contributed by atoms with Crippen molar-refractivity contribution in [2.75, 3.05) is 19.6 Å². The molecule has 0 aliphatic heterocycles. The number of unbranched alkanes of at least 4 members (excludes halogenated alkanes) is 2. The fraction of sp³-hybridized carbons (Fsp3) is 0.567. The summed E-state index contributed by atoms with van der Waals surface area (Å²) >= 11 is 0. The third-order valence-corrected chi connectivity index (χ3v) is 6.39. The Bertz CT molecular complexity index is 742. The number of carbonyl (C=O) groups is 1. The Morgan fingerprint density at radius 1 is 0.848 bits per heavy atom. The van der Waals surface area contributed by atoms with E-state index < -0.39 is 0 Å². The zero-order chi connectivity index (χ0) is 24.1. The van der Waals surface area contributed by atoms with Gasteiger partial charge in [0.1, 0.15) is 0 Å². The molecule has 1 atom stereocenters. The molecule has 182 valence electrons. The van der Waals surface area contributed by atoms with Gasteiger partial charge in [-0.1, -0.05) is 94.8 Å². The zero-order valence-electron chi connectivity index (χ0n) is 21.4. The highest BCUT2D eigenvalue weighted by molar-refractivity contribution is 5.76. The summed E-state index contributed by atoms with van der Waals surface area (Å²) in [5.74, 6) is 1.21. The van der Waals surface area contributed by atoms with Crippen LogP contribution in [0.3, 0.4) is 0 Å². The lowest BCUT2D eigenvalue weighted by Crippen LogP contribution is -2.34. The maximum atomic E-state index is 13.2. The van der Waals surface area contributed by atoms with Crippen molar-refractivity contribution in [2.24, 2.45) is 17.1 Å². The van der Waals surface area contributed by atoms with Crippen molar-refractivity contribution in [3.8, 4) is 0 Å². The number of nitrogens with two attached hydrogens (primary N) is 1. The molecular formula is C30H46N2O. The molecule has 0 spiro atoms. The van der Waals surface area contributed by atoms with Crippen molar-refractivity contribution in [2.45, 2.75) is 78.6 Å². The number of hydrogen-bond acceptors (Lipinski definition) is 2. The van der Waals surface area contributed by atoms with E-state index in [0.717, 1.165) is 45.2 Å². The van der Waals surface area contributed by atoms with Gasteiger partial charge < -0.3 is 10.6 Å². The highest BCUT2D eigenvalue weighted by atomic mass is 16.2. The van der Waals surface area contributed by atoms with Gasteiger partial charge in [-0.3, -0.25) is 4.79 Å². The van der Waals surface area contributed by atoms with Crippen LogP contribution in [0.4, 0.5) is 0 Å². The highest BCUT2D eigenvalue weighted by Crippen LogP contribution is 2.29. The Kier molecular flexibility index (Phi) is 11.7. The maximum absolute atomic E-state index is 13.2. The molecule has 0 saturated carbocycles. The van der Waals surface area contributed by atoms with E-state index in [1.54, 1.807) is 0 Å². The molecule has 0 heterocycles. The molecule has 2 aromatic carbocycles. The second-order valence-electron chi connectivity index (χ2n) is 10.8. The molecule has 33 heavy (non-hydrogen) atoms. The molecule has 0 radical (unpaired) electrons. The molecule has 1 unspecified atom stereocenters. The number of hydrogen-bond donors (Lipinski definition) is 1. The van der Waals surface area contributed by atoms with E-state index in [1.165, 1.54) is 17.5 Å². The van der Waals surface area contributed by atoms with Gasteiger partial charge in [-0.05, 0) is 61.1 Å². The standard InChI is InChI=1S/C30H46N2O/c1-25(24-30(2,3)4)19-22-32(29(33)18-12-7-13-21-31)23-20-28(26-14-8-5-9-15-26)27-16-10-6-11-17-27/h5-6,8-11,14-17,25,28H,7,12-13,18-24,31H2,1-4H3. The van der Waals surface area contributed by atoms with Crippen LogP contribution in [-0.4, -0.2) is 30.4 Å². The summed E-state index contributed by atoms with van der Waals surface area (Å²) in [5, 5.41) is 0. The molecule has 0 aliphatic rings. The van der Waals surface area contributed by atoms with E-state index in [1.807, 2.05) is 0 Å². The van der Waals surface area contributed by atoms with Crippen LogP contribution in [0.1, 0.15) is 89.7 Å². The largest absolute Gasteiger partial charge is 0.343 e. The fourth-order valence-electron chi connectivity index (χ4n) is 4.82. The van der Waals surface area contributed by atoms with Crippen molar-refractivity contribution in [3.63, 3.8) is 0 Å². The van der Waals surface area contributed by atoms with E-state index in [0.29, 0.717) is 36.1 Å². The van der Waals surface area contributed by atoms with Gasteiger partial charge in [0.2, 0.25) is 5.91 Å². The van der Waals surface area contributed by atoms with Crippen molar-refractivity contribution in [1.82, 2.24) is 4.90 Å². The van der Waals surface area contributed by atoms with E-state index in [-0.39, 0.29) is 0 Å². The maximum Gasteiger partial charge on any atom is 0.222 e. The second kappa shape index (κ2) is 14.2. The fourth-order valence-corrected chi connectivity index (χ4v) is 4.82. The Morgan fingerprint density at radius 3 is 1.91 bits per heavy atom. The number of rotatable bonds is 14. The average Bonchev–Trinajstić information content (AvgIpc) is 2.79. The molecule has 0 fully saturated rings. The molecule has 2 aromatic rings. The highest BCUT2D eigenvalue weighted by Gasteiger charge is 2.21. The first-order chi connectivity index (χ1) is 15.8. The number of benzene rings is 2. The third-order valence-electron chi connectivity index (χ3n) is 6.39. The monoisotopic (exact) mass is 450 g/mol. The minimum Gasteiger partial charge on any atom is -0.343 e. The van der Waals surface area contributed by atoms with Crippen LogP contribution >= 0.6 is 0 Å². The molecule has 3 nitrogen and oxygen atoms in total. The van der Waals surface area contributed by atoms with Gasteiger partial charge in [-0.25, -0.2) is 0 Å². The molecule has 3 heteroatoms. The van der Waals surface area contributed by atoms with Crippen molar-refractivity contribution < 1.29 is 4.79 Å². The Labute approximate surface area is 202 Å². The zero-order valence-corrected chi connectivity index (χ0v) is 21.4. The van der Waals surface area contributed by atoms with Crippen LogP contribution < -0.4 is 5.73 Å². The minimum atomic E-state index is 0.298. The first kappa shape index (κ1) is 27.1. The average molecular weight is 451 g/mol. The summed E-state index contributed by atoms with van der Waals surface area (Å²) in [5.41, 5.74) is 8.59. The predicted octanol–water partition coefficient (Wildman–Crippen LogP) is 7.02. The van der Waals surface area contributed by atoms with Gasteiger partial charge >= 0.3 is 0 Å². The lowest BCUT2D eigenvalue weighted by molar-refractivity contribution is -0.131. The number of carbonyl (C=O) groups excluding carboxylic acids is 1. The van der Waals surface area contributed by atoms with Gasteiger partial charge in [-0.15, -0.1) is 0 Å². The van der Waals surface area contributed by atoms with Crippen molar-refractivity contribution >= 4 is 5.91 Å². The quantitative estimate of drug-likeness (QED) is 0.314. The molecule has 0 saturated heterocycles. The molecule has 1 amide bonds. The Balaban J connectivity index is 2.09. The van der Waals surface area contributed by atoms with Gasteiger partial charge in [0.25, 0.3) is 0 Å². The Hall–Kier alpha value is -2.13. The predicted molar refractivity (Wildman–Crippen MR) is 141 cm³/mol. The minimum absolute atomic E-state index is 0.298. The number of nitrogens with zero attached hydrogens (tertiary/aromatic N) is 1. The molecular weight excluding hydrogens is 404 g/mol. The van der Waals surface area contributed by atoms with Crippen LogP contribution in [0.15, 0.2) is 60.7 Å². The number of amides is 1. The summed E-state index contributed by atoms with van der Waals surface area (Å²) in [6, 6.07) is 21.4. The van der Waals surface area contributed by atoms with Crippen molar-refractivity contribution in [1.29, 1.82) is 0 Å². The van der Waals surface area contributed by atoms with Crippen LogP contribution in [0.25, 0.3) is 0 Å². The molecule has 0 aromatic heterocycles. The second-order valence-corrected chi connectivity index (χ2v) is 10.8. The van der Waals surface area contributed by atoms with Crippen LogP contribution in [-0.2, 0) is 4.79 Å². The first-order valence-electron chi connectivity index (χ1n) is 12.9. The van der Waals surface area contributed by atoms with Crippen LogP contribution in [0, 0.1) is 11.3 Å². The third kappa shape index (κ3) is 10.6. The normalized spacial score (nSPS) is 12.7. The van der Waals surface area contributed by atoms with E-state index in [9.17, 15) is 4.79 Å². The van der Waals surface area contributed by atoms with E-state index in [2.05, 4.69) is 93.3 Å². The summed E-state index contributed by atoms with van der Waals surface area (Å²) in [7, 11) is 0. The van der Waals surface area contributed by atoms with Gasteiger partial charge in [0.15, 0.2) is 0 Å². The SMILES string of the molecule is CC(CCN(CCC(c1ccccc1)c1ccccc1)C(=O)CCCCCN)CC(C)(C)C. The first-order valence-corrected chi connectivity index (χ1v) is 12.9. The van der Waals surface area contributed by atoms with Crippen LogP contribution in [0.2, 0.25) is 0 Å². The topological polar surface area (TPSA) is 46.3 Å². The van der Waals surface area contributed by atoms with Crippen LogP contribution in [0.5, 0.6) is 0 Å². The lowest BCUT2D eigenvalue weighted by atomic mass is 9.84. The lowest BCUT2D eigenvalue weighted by Gasteiger charge is -2.29. The Morgan fingerprint density at radius 2 is 1.39 bits per heavy atom. The molecule has 2 rings (SSSR count). The van der Waals surface area contributed by atoms with Crippen molar-refractivity contribution in [3.05, 3.63) is 71.8 Å². The summed E-state index contributed by atoms with van der Waals surface area (Å²) in [4.78, 5) is 15.3. The molecule has 2 N–H and O–H groups in total. The summed E-state index contributed by atoms with van der Waals surface area (Å²) in [6.07, 6.45) is 6.79. The van der Waals surface area contributed by atoms with Gasteiger partial charge in [0.05, 0.1) is 0 Å². The van der Waals surface area contributed by atoms with Gasteiger partial charge in [-0.2, -0.15) is 0 Å².